The van der Waals surface area contributed by atoms with E-state index >= 15 is 0 Å². The lowest BCUT2D eigenvalue weighted by atomic mass is 10.1. The smallest absolute Gasteiger partial charge is 0.229 e. The molecule has 1 aromatic heterocycles. The van der Waals surface area contributed by atoms with Crippen LogP contribution in [0.5, 0.6) is 5.88 Å². The van der Waals surface area contributed by atoms with Crippen LogP contribution >= 0.6 is 0 Å². The zero-order valence-electron chi connectivity index (χ0n) is 17.0. The van der Waals surface area contributed by atoms with Gasteiger partial charge in [-0.05, 0) is 30.0 Å². The van der Waals surface area contributed by atoms with Crippen molar-refractivity contribution in [1.82, 2.24) is 15.3 Å². The summed E-state index contributed by atoms with van der Waals surface area (Å²) in [6, 6.07) is 16.2. The maximum atomic E-state index is 5.78. The molecule has 8 nitrogen and oxygen atoms in total. The van der Waals surface area contributed by atoms with E-state index < -0.39 is 0 Å². The molecule has 0 bridgehead atoms. The Morgan fingerprint density at radius 3 is 2.77 bits per heavy atom. The largest absolute Gasteiger partial charge is 0.476 e. The first-order chi connectivity index (χ1) is 14.8. The number of hydrogen-bond donors (Lipinski definition) is 2. The third-order valence-corrected chi connectivity index (χ3v) is 4.75. The van der Waals surface area contributed by atoms with E-state index in [1.165, 1.54) is 5.39 Å². The van der Waals surface area contributed by atoms with Crippen LogP contribution in [0, 0.1) is 0 Å². The molecule has 2 N–H and O–H groups in total. The lowest BCUT2D eigenvalue weighted by molar-refractivity contribution is 0.122. The predicted molar refractivity (Wildman–Crippen MR) is 120 cm³/mol. The normalized spacial score (nSPS) is 14.4. The van der Waals surface area contributed by atoms with Crippen LogP contribution in [0.15, 0.2) is 53.6 Å². The second kappa shape index (κ2) is 10.00. The standard InChI is InChI=1S/C22H26N6O2/c1-23-8-11-30-21-15-20(25-22(26-21)28-9-12-29-13-10-28)16-24-27-19-7-6-17-4-2-3-5-18(17)14-19/h2-7,14-16,23,27H,8-13H2,1H3/b24-16+. The van der Waals surface area contributed by atoms with Crippen LogP contribution in [0.1, 0.15) is 5.69 Å². The number of anilines is 2. The fourth-order valence-corrected chi connectivity index (χ4v) is 3.16. The van der Waals surface area contributed by atoms with Gasteiger partial charge in [-0.15, -0.1) is 0 Å². The summed E-state index contributed by atoms with van der Waals surface area (Å²) in [7, 11) is 1.89. The number of hydrogen-bond acceptors (Lipinski definition) is 8. The van der Waals surface area contributed by atoms with Crippen LogP contribution in [0.2, 0.25) is 0 Å². The molecular formula is C22H26N6O2. The fraction of sp³-hybridized carbons (Fsp3) is 0.318. The Labute approximate surface area is 175 Å². The highest BCUT2D eigenvalue weighted by molar-refractivity contribution is 5.86. The van der Waals surface area contributed by atoms with Crippen molar-refractivity contribution in [1.29, 1.82) is 0 Å². The van der Waals surface area contributed by atoms with Crippen molar-refractivity contribution in [2.75, 3.05) is 56.8 Å². The van der Waals surface area contributed by atoms with Gasteiger partial charge in [-0.2, -0.15) is 10.1 Å². The van der Waals surface area contributed by atoms with Gasteiger partial charge >= 0.3 is 0 Å². The van der Waals surface area contributed by atoms with Crippen LogP contribution in [0.3, 0.4) is 0 Å². The molecule has 1 fully saturated rings. The number of morpholine rings is 1. The minimum Gasteiger partial charge on any atom is -0.476 e. The first-order valence-electron chi connectivity index (χ1n) is 10.1. The van der Waals surface area contributed by atoms with E-state index in [0.29, 0.717) is 37.3 Å². The van der Waals surface area contributed by atoms with E-state index in [-0.39, 0.29) is 0 Å². The number of ether oxygens (including phenoxy) is 2. The molecule has 0 radical (unpaired) electrons. The maximum absolute atomic E-state index is 5.78. The maximum Gasteiger partial charge on any atom is 0.229 e. The highest BCUT2D eigenvalue weighted by atomic mass is 16.5. The highest BCUT2D eigenvalue weighted by Gasteiger charge is 2.16. The quantitative estimate of drug-likeness (QED) is 0.338. The Morgan fingerprint density at radius 1 is 1.10 bits per heavy atom. The average Bonchev–Trinajstić information content (AvgIpc) is 2.80. The molecule has 2 aromatic carbocycles. The number of nitrogens with one attached hydrogen (secondary N) is 2. The molecule has 4 rings (SSSR count). The SMILES string of the molecule is CNCCOc1cc(/C=N/Nc2ccc3ccccc3c2)nc(N2CCOCC2)n1. The van der Waals surface area contributed by atoms with Crippen molar-refractivity contribution in [3.63, 3.8) is 0 Å². The minimum atomic E-state index is 0.530. The second-order valence-corrected chi connectivity index (χ2v) is 6.91. The molecule has 156 valence electrons. The average molecular weight is 406 g/mol. The zero-order valence-corrected chi connectivity index (χ0v) is 17.0. The molecule has 1 aliphatic heterocycles. The summed E-state index contributed by atoms with van der Waals surface area (Å²) >= 11 is 0. The third-order valence-electron chi connectivity index (χ3n) is 4.75. The Hall–Kier alpha value is -3.23. The molecule has 8 heteroatoms. The Bertz CT molecular complexity index is 1000. The zero-order chi connectivity index (χ0) is 20.6. The van der Waals surface area contributed by atoms with Crippen LogP contribution < -0.4 is 20.4 Å². The van der Waals surface area contributed by atoms with Crippen molar-refractivity contribution in [3.8, 4) is 5.88 Å². The van der Waals surface area contributed by atoms with Gasteiger partial charge < -0.3 is 19.7 Å². The minimum absolute atomic E-state index is 0.530. The van der Waals surface area contributed by atoms with E-state index in [9.17, 15) is 0 Å². The molecule has 3 aromatic rings. The van der Waals surface area contributed by atoms with Gasteiger partial charge in [0.1, 0.15) is 6.61 Å². The number of fused-ring (bicyclic) bond motifs is 1. The van der Waals surface area contributed by atoms with Gasteiger partial charge in [0, 0.05) is 25.7 Å². The molecule has 1 aliphatic rings. The molecular weight excluding hydrogens is 380 g/mol. The third kappa shape index (κ3) is 5.22. The van der Waals surface area contributed by atoms with Gasteiger partial charge in [-0.25, -0.2) is 4.98 Å². The summed E-state index contributed by atoms with van der Waals surface area (Å²) in [5.41, 5.74) is 4.68. The molecule has 0 aliphatic carbocycles. The Morgan fingerprint density at radius 2 is 1.93 bits per heavy atom. The summed E-state index contributed by atoms with van der Waals surface area (Å²) in [5.74, 6) is 1.17. The molecule has 0 saturated carbocycles. The second-order valence-electron chi connectivity index (χ2n) is 6.91. The van der Waals surface area contributed by atoms with Crippen molar-refractivity contribution in [3.05, 3.63) is 54.2 Å². The number of likely N-dealkylation sites (N-methyl/N-ethyl adjacent to an activating group) is 1. The topological polar surface area (TPSA) is 83.9 Å². The Kier molecular flexibility index (Phi) is 6.68. The molecule has 1 saturated heterocycles. The number of hydrazone groups is 1. The van der Waals surface area contributed by atoms with E-state index in [4.69, 9.17) is 9.47 Å². The van der Waals surface area contributed by atoms with E-state index in [0.717, 1.165) is 30.7 Å². The summed E-state index contributed by atoms with van der Waals surface area (Å²) in [6.07, 6.45) is 1.69. The monoisotopic (exact) mass is 406 g/mol. The molecule has 0 atom stereocenters. The summed E-state index contributed by atoms with van der Waals surface area (Å²) in [6.45, 7) is 4.12. The Balaban J connectivity index is 1.50. The van der Waals surface area contributed by atoms with Gasteiger partial charge in [0.2, 0.25) is 11.8 Å². The first-order valence-corrected chi connectivity index (χ1v) is 10.1. The van der Waals surface area contributed by atoms with Crippen molar-refractivity contribution >= 4 is 28.6 Å². The van der Waals surface area contributed by atoms with E-state index in [1.54, 1.807) is 12.3 Å². The number of rotatable bonds is 8. The lowest BCUT2D eigenvalue weighted by Gasteiger charge is -2.27. The molecule has 0 amide bonds. The number of nitrogens with zero attached hydrogens (tertiary/aromatic N) is 4. The molecule has 30 heavy (non-hydrogen) atoms. The number of aromatic nitrogens is 2. The van der Waals surface area contributed by atoms with Crippen LogP contribution in [0.4, 0.5) is 11.6 Å². The molecule has 0 spiro atoms. The summed E-state index contributed by atoms with van der Waals surface area (Å²) in [5, 5.41) is 9.79. The van der Waals surface area contributed by atoms with Crippen molar-refractivity contribution < 1.29 is 9.47 Å². The van der Waals surface area contributed by atoms with Crippen molar-refractivity contribution in [2.45, 2.75) is 0 Å². The molecule has 2 heterocycles. The predicted octanol–water partition coefficient (Wildman–Crippen LogP) is 2.51. The van der Waals surface area contributed by atoms with Gasteiger partial charge in [0.25, 0.3) is 0 Å². The van der Waals surface area contributed by atoms with E-state index in [2.05, 4.69) is 55.0 Å². The summed E-state index contributed by atoms with van der Waals surface area (Å²) < 4.78 is 11.2. The highest BCUT2D eigenvalue weighted by Crippen LogP contribution is 2.19. The van der Waals surface area contributed by atoms with Gasteiger partial charge in [-0.1, -0.05) is 30.3 Å². The lowest BCUT2D eigenvalue weighted by Crippen LogP contribution is -2.37. The van der Waals surface area contributed by atoms with Gasteiger partial charge in [-0.3, -0.25) is 5.43 Å². The molecule has 0 unspecified atom stereocenters. The van der Waals surface area contributed by atoms with Crippen LogP contribution in [-0.4, -0.2) is 62.7 Å². The van der Waals surface area contributed by atoms with E-state index in [1.807, 2.05) is 25.2 Å². The van der Waals surface area contributed by atoms with Crippen LogP contribution in [-0.2, 0) is 4.74 Å². The number of benzene rings is 2. The summed E-state index contributed by atoms with van der Waals surface area (Å²) in [4.78, 5) is 11.3. The fourth-order valence-electron chi connectivity index (χ4n) is 3.16. The first kappa shape index (κ1) is 20.1. The van der Waals surface area contributed by atoms with Crippen molar-refractivity contribution in [2.24, 2.45) is 5.10 Å². The van der Waals surface area contributed by atoms with Crippen LogP contribution in [0.25, 0.3) is 10.8 Å². The van der Waals surface area contributed by atoms with Gasteiger partial charge in [0.15, 0.2) is 0 Å². The van der Waals surface area contributed by atoms with Gasteiger partial charge in [0.05, 0.1) is 30.8 Å².